The van der Waals surface area contributed by atoms with E-state index in [2.05, 4.69) is 43.9 Å². The first-order valence-corrected chi connectivity index (χ1v) is 10.9. The van der Waals surface area contributed by atoms with Crippen molar-refractivity contribution >= 4 is 14.3 Å². The highest BCUT2D eigenvalue weighted by atomic mass is 28.4. The maximum Gasteiger partial charge on any atom is 0.305 e. The van der Waals surface area contributed by atoms with Crippen LogP contribution in [-0.4, -0.2) is 33.5 Å². The molecule has 0 aliphatic heterocycles. The molecule has 22 heavy (non-hydrogen) atoms. The largest absolute Gasteiger partial charge is 0.466 e. The van der Waals surface area contributed by atoms with Gasteiger partial charge in [-0.25, -0.2) is 0 Å². The van der Waals surface area contributed by atoms with Crippen molar-refractivity contribution in [3.05, 3.63) is 10.4 Å². The summed E-state index contributed by atoms with van der Waals surface area (Å²) in [5.74, 6) is -0.238. The first-order chi connectivity index (χ1) is 10.1. The summed E-state index contributed by atoms with van der Waals surface area (Å²) in [6.45, 7) is 13.9. The Hall–Kier alpha value is -1.04. The molecule has 0 spiro atoms. The van der Waals surface area contributed by atoms with Crippen molar-refractivity contribution in [2.45, 2.75) is 77.6 Å². The van der Waals surface area contributed by atoms with Crippen molar-refractivity contribution < 1.29 is 14.0 Å². The maximum absolute atomic E-state index is 11.3. The normalized spacial score (nSPS) is 13.4. The SMILES string of the molecule is CCOC(=O)CCC(CCCO[Si](C)(C)C(C)(C)C)N=[N+]=[N-]. The molecular formula is C15H31N3O3Si. The molecule has 6 nitrogen and oxygen atoms in total. The minimum Gasteiger partial charge on any atom is -0.466 e. The molecule has 0 amide bonds. The van der Waals surface area contributed by atoms with Crippen LogP contribution in [0.25, 0.3) is 10.4 Å². The Balaban J connectivity index is 4.16. The van der Waals surface area contributed by atoms with E-state index in [-0.39, 0.29) is 17.0 Å². The molecule has 0 aromatic rings. The molecule has 0 aromatic carbocycles. The van der Waals surface area contributed by atoms with Crippen LogP contribution in [0.2, 0.25) is 18.1 Å². The molecule has 0 saturated heterocycles. The van der Waals surface area contributed by atoms with Gasteiger partial charge in [-0.2, -0.15) is 0 Å². The highest BCUT2D eigenvalue weighted by molar-refractivity contribution is 6.74. The molecule has 0 saturated carbocycles. The Morgan fingerprint density at radius 1 is 1.32 bits per heavy atom. The van der Waals surface area contributed by atoms with Gasteiger partial charge in [0.05, 0.1) is 6.61 Å². The second kappa shape index (κ2) is 9.87. The fraction of sp³-hybridized carbons (Fsp3) is 0.933. The number of hydrogen-bond acceptors (Lipinski definition) is 4. The molecular weight excluding hydrogens is 298 g/mol. The summed E-state index contributed by atoms with van der Waals surface area (Å²) >= 11 is 0. The molecule has 0 N–H and O–H groups in total. The molecule has 0 heterocycles. The van der Waals surface area contributed by atoms with E-state index >= 15 is 0 Å². The first kappa shape index (κ1) is 21.0. The van der Waals surface area contributed by atoms with Crippen LogP contribution >= 0.6 is 0 Å². The Kier molecular flexibility index (Phi) is 9.40. The van der Waals surface area contributed by atoms with Gasteiger partial charge in [0.25, 0.3) is 0 Å². The Morgan fingerprint density at radius 2 is 1.95 bits per heavy atom. The number of carbonyl (C=O) groups excluding carboxylic acids is 1. The Bertz CT molecular complexity index is 388. The maximum atomic E-state index is 11.3. The zero-order chi connectivity index (χ0) is 17.2. The van der Waals surface area contributed by atoms with Crippen LogP contribution in [-0.2, 0) is 14.0 Å². The van der Waals surface area contributed by atoms with Crippen LogP contribution in [0.5, 0.6) is 0 Å². The summed E-state index contributed by atoms with van der Waals surface area (Å²) in [6, 6.07) is -0.169. The highest BCUT2D eigenvalue weighted by Crippen LogP contribution is 2.36. The molecule has 128 valence electrons. The van der Waals surface area contributed by atoms with E-state index in [1.807, 2.05) is 0 Å². The van der Waals surface area contributed by atoms with Gasteiger partial charge in [0, 0.05) is 24.0 Å². The molecule has 0 fully saturated rings. The van der Waals surface area contributed by atoms with E-state index in [9.17, 15) is 4.79 Å². The molecule has 1 unspecified atom stereocenters. The number of rotatable bonds is 10. The predicted octanol–water partition coefficient (Wildman–Crippen LogP) is 4.81. The van der Waals surface area contributed by atoms with Gasteiger partial charge in [0.2, 0.25) is 0 Å². The van der Waals surface area contributed by atoms with Crippen molar-refractivity contribution in [2.24, 2.45) is 5.11 Å². The lowest BCUT2D eigenvalue weighted by Crippen LogP contribution is -2.41. The van der Waals surface area contributed by atoms with E-state index in [0.717, 1.165) is 12.8 Å². The van der Waals surface area contributed by atoms with Crippen LogP contribution < -0.4 is 0 Å². The van der Waals surface area contributed by atoms with Crippen LogP contribution in [0.4, 0.5) is 0 Å². The van der Waals surface area contributed by atoms with Gasteiger partial charge in [0.15, 0.2) is 8.32 Å². The van der Waals surface area contributed by atoms with Crippen LogP contribution in [0.1, 0.15) is 53.4 Å². The van der Waals surface area contributed by atoms with E-state index in [1.54, 1.807) is 6.92 Å². The Morgan fingerprint density at radius 3 is 2.45 bits per heavy atom. The lowest BCUT2D eigenvalue weighted by Gasteiger charge is -2.36. The average molecular weight is 330 g/mol. The van der Waals surface area contributed by atoms with Gasteiger partial charge < -0.3 is 9.16 Å². The third-order valence-electron chi connectivity index (χ3n) is 4.15. The van der Waals surface area contributed by atoms with Crippen LogP contribution in [0.3, 0.4) is 0 Å². The van der Waals surface area contributed by atoms with Gasteiger partial charge in [-0.3, -0.25) is 4.79 Å². The number of nitrogens with zero attached hydrogens (tertiary/aromatic N) is 3. The van der Waals surface area contributed by atoms with Gasteiger partial charge in [-0.15, -0.1) is 0 Å². The highest BCUT2D eigenvalue weighted by Gasteiger charge is 2.36. The number of azide groups is 1. The van der Waals surface area contributed by atoms with Crippen LogP contribution in [0.15, 0.2) is 5.11 Å². The number of hydrogen-bond donors (Lipinski definition) is 0. The smallest absolute Gasteiger partial charge is 0.305 e. The number of esters is 1. The third-order valence-corrected chi connectivity index (χ3v) is 8.69. The Labute approximate surface area is 135 Å². The van der Waals surface area contributed by atoms with Gasteiger partial charge >= 0.3 is 5.97 Å². The topological polar surface area (TPSA) is 84.3 Å². The fourth-order valence-electron chi connectivity index (χ4n) is 1.71. The van der Waals surface area contributed by atoms with E-state index in [1.165, 1.54) is 0 Å². The molecule has 0 aliphatic carbocycles. The third kappa shape index (κ3) is 8.41. The lowest BCUT2D eigenvalue weighted by molar-refractivity contribution is -0.143. The zero-order valence-electron chi connectivity index (χ0n) is 14.9. The number of carbonyl (C=O) groups is 1. The summed E-state index contributed by atoms with van der Waals surface area (Å²) in [5.41, 5.74) is 8.62. The molecule has 0 bridgehead atoms. The first-order valence-electron chi connectivity index (χ1n) is 7.98. The molecule has 0 aliphatic rings. The van der Waals surface area contributed by atoms with Crippen molar-refractivity contribution in [3.8, 4) is 0 Å². The molecule has 0 rings (SSSR count). The van der Waals surface area contributed by atoms with Crippen LogP contribution in [0, 0.1) is 0 Å². The molecule has 0 aromatic heterocycles. The van der Waals surface area contributed by atoms with Gasteiger partial charge in [-0.05, 0) is 49.8 Å². The lowest BCUT2D eigenvalue weighted by atomic mass is 10.1. The quantitative estimate of drug-likeness (QED) is 0.144. The van der Waals surface area contributed by atoms with Gasteiger partial charge in [0.1, 0.15) is 0 Å². The average Bonchev–Trinajstić information content (AvgIpc) is 2.39. The van der Waals surface area contributed by atoms with E-state index in [0.29, 0.717) is 26.1 Å². The number of ether oxygens (including phenoxy) is 1. The summed E-state index contributed by atoms with van der Waals surface area (Å²) in [6.07, 6.45) is 2.39. The van der Waals surface area contributed by atoms with E-state index in [4.69, 9.17) is 14.7 Å². The predicted molar refractivity (Wildman–Crippen MR) is 91.2 cm³/mol. The second-order valence-corrected chi connectivity index (χ2v) is 11.8. The van der Waals surface area contributed by atoms with E-state index < -0.39 is 8.32 Å². The standard InChI is InChI=1S/C15H31N3O3Si/c1-7-20-14(19)11-10-13(17-18-16)9-8-12-21-22(5,6)15(2,3)4/h13H,7-12H2,1-6H3. The second-order valence-electron chi connectivity index (χ2n) is 6.95. The minimum absolute atomic E-state index is 0.169. The molecule has 0 radical (unpaired) electrons. The van der Waals surface area contributed by atoms with Crippen molar-refractivity contribution in [2.75, 3.05) is 13.2 Å². The van der Waals surface area contributed by atoms with Crippen molar-refractivity contribution in [1.82, 2.24) is 0 Å². The molecule has 1 atom stereocenters. The molecule has 7 heteroatoms. The fourth-order valence-corrected chi connectivity index (χ4v) is 2.80. The summed E-state index contributed by atoms with van der Waals surface area (Å²) < 4.78 is 11.0. The summed E-state index contributed by atoms with van der Waals surface area (Å²) in [7, 11) is -1.72. The van der Waals surface area contributed by atoms with Gasteiger partial charge in [-0.1, -0.05) is 25.9 Å². The van der Waals surface area contributed by atoms with Crippen molar-refractivity contribution in [3.63, 3.8) is 0 Å². The zero-order valence-corrected chi connectivity index (χ0v) is 15.9. The summed E-state index contributed by atoms with van der Waals surface area (Å²) in [4.78, 5) is 14.2. The summed E-state index contributed by atoms with van der Waals surface area (Å²) in [5, 5.41) is 3.96. The monoisotopic (exact) mass is 329 g/mol. The van der Waals surface area contributed by atoms with Crippen molar-refractivity contribution in [1.29, 1.82) is 0 Å². The minimum atomic E-state index is -1.72.